The van der Waals surface area contributed by atoms with E-state index in [4.69, 9.17) is 10.5 Å². The molecule has 1 aliphatic rings. The van der Waals surface area contributed by atoms with Crippen LogP contribution in [0.3, 0.4) is 0 Å². The van der Waals surface area contributed by atoms with Crippen molar-refractivity contribution in [1.82, 2.24) is 14.9 Å². The van der Waals surface area contributed by atoms with Gasteiger partial charge >= 0.3 is 6.09 Å². The predicted molar refractivity (Wildman–Crippen MR) is 89.4 cm³/mol. The highest BCUT2D eigenvalue weighted by atomic mass is 16.6. The molecule has 2 aromatic rings. The Morgan fingerprint density at radius 2 is 2.00 bits per heavy atom. The van der Waals surface area contributed by atoms with E-state index in [9.17, 15) is 9.59 Å². The maximum Gasteiger partial charge on any atom is 0.410 e. The monoisotopic (exact) mass is 328 g/mol. The summed E-state index contributed by atoms with van der Waals surface area (Å²) < 4.78 is 5.34. The third kappa shape index (κ3) is 3.92. The van der Waals surface area contributed by atoms with Crippen LogP contribution < -0.4 is 11.3 Å². The number of nitrogens with zero attached hydrogens (tertiary/aromatic N) is 2. The number of aromatic amines is 1. The van der Waals surface area contributed by atoms with E-state index in [1.165, 1.54) is 6.07 Å². The summed E-state index contributed by atoms with van der Waals surface area (Å²) >= 11 is 0. The summed E-state index contributed by atoms with van der Waals surface area (Å²) in [6.45, 7) is 1.42. The number of anilines is 1. The Balaban J connectivity index is 1.53. The van der Waals surface area contributed by atoms with E-state index in [1.54, 1.807) is 4.90 Å². The van der Waals surface area contributed by atoms with Gasteiger partial charge in [0.2, 0.25) is 5.95 Å². The van der Waals surface area contributed by atoms with Crippen LogP contribution >= 0.6 is 0 Å². The predicted octanol–water partition coefficient (Wildman–Crippen LogP) is 1.87. The fraction of sp³-hybridized carbons (Fsp3) is 0.353. The van der Waals surface area contributed by atoms with Crippen molar-refractivity contribution < 1.29 is 9.53 Å². The molecule has 24 heavy (non-hydrogen) atoms. The largest absolute Gasteiger partial charge is 0.445 e. The summed E-state index contributed by atoms with van der Waals surface area (Å²) in [6, 6.07) is 11.1. The zero-order valence-corrected chi connectivity index (χ0v) is 13.3. The van der Waals surface area contributed by atoms with E-state index < -0.39 is 0 Å². The summed E-state index contributed by atoms with van der Waals surface area (Å²) in [7, 11) is 0. The molecule has 0 aliphatic carbocycles. The second-order valence-electron chi connectivity index (χ2n) is 5.86. The molecule has 1 aromatic carbocycles. The Hall–Kier alpha value is -2.83. The van der Waals surface area contributed by atoms with Crippen LogP contribution in [0.5, 0.6) is 0 Å². The second kappa shape index (κ2) is 7.16. The normalized spacial score (nSPS) is 15.2. The molecule has 126 valence electrons. The van der Waals surface area contributed by atoms with Crippen LogP contribution in [0.15, 0.2) is 41.2 Å². The Bertz CT molecular complexity index is 752. The summed E-state index contributed by atoms with van der Waals surface area (Å²) in [4.78, 5) is 31.9. The van der Waals surface area contributed by atoms with Crippen LogP contribution in [0.25, 0.3) is 0 Å². The van der Waals surface area contributed by atoms with Crippen molar-refractivity contribution >= 4 is 12.0 Å². The van der Waals surface area contributed by atoms with Gasteiger partial charge in [0.25, 0.3) is 5.56 Å². The van der Waals surface area contributed by atoms with Crippen LogP contribution in [0.4, 0.5) is 10.7 Å². The zero-order chi connectivity index (χ0) is 16.9. The van der Waals surface area contributed by atoms with Gasteiger partial charge in [-0.05, 0) is 18.4 Å². The van der Waals surface area contributed by atoms with E-state index >= 15 is 0 Å². The van der Waals surface area contributed by atoms with Gasteiger partial charge in [-0.1, -0.05) is 30.3 Å². The van der Waals surface area contributed by atoms with Gasteiger partial charge in [-0.25, -0.2) is 9.78 Å². The van der Waals surface area contributed by atoms with E-state index in [0.29, 0.717) is 18.8 Å². The number of carbonyl (C=O) groups is 1. The molecule has 1 saturated heterocycles. The molecule has 1 aromatic heterocycles. The second-order valence-corrected chi connectivity index (χ2v) is 5.86. The van der Waals surface area contributed by atoms with Crippen molar-refractivity contribution in [2.24, 2.45) is 0 Å². The first kappa shape index (κ1) is 16.0. The van der Waals surface area contributed by atoms with Crippen LogP contribution in [-0.4, -0.2) is 34.1 Å². The minimum absolute atomic E-state index is 0.127. The SMILES string of the molecule is Nc1nc(C2CCN(C(=O)OCc3ccccc3)CC2)cc(=O)[nH]1. The highest BCUT2D eigenvalue weighted by Gasteiger charge is 2.26. The Kier molecular flexibility index (Phi) is 4.79. The molecule has 7 nitrogen and oxygen atoms in total. The number of H-pyrrole nitrogens is 1. The smallest absolute Gasteiger partial charge is 0.410 e. The summed E-state index contributed by atoms with van der Waals surface area (Å²) in [5, 5.41) is 0. The number of hydrogen-bond donors (Lipinski definition) is 2. The number of aromatic nitrogens is 2. The van der Waals surface area contributed by atoms with Crippen molar-refractivity contribution in [3.8, 4) is 0 Å². The first-order valence-corrected chi connectivity index (χ1v) is 7.94. The van der Waals surface area contributed by atoms with Gasteiger partial charge in [0.05, 0.1) is 5.69 Å². The number of hydrogen-bond acceptors (Lipinski definition) is 5. The minimum atomic E-state index is -0.310. The number of ether oxygens (including phenoxy) is 1. The molecule has 0 saturated carbocycles. The Morgan fingerprint density at radius 1 is 1.29 bits per heavy atom. The van der Waals surface area contributed by atoms with E-state index in [0.717, 1.165) is 18.4 Å². The van der Waals surface area contributed by atoms with Crippen LogP contribution in [0.2, 0.25) is 0 Å². The summed E-state index contributed by atoms with van der Waals surface area (Å²) in [5.74, 6) is 0.259. The third-order valence-corrected chi connectivity index (χ3v) is 4.16. The van der Waals surface area contributed by atoms with E-state index in [1.807, 2.05) is 30.3 Å². The van der Waals surface area contributed by atoms with Crippen molar-refractivity contribution in [3.63, 3.8) is 0 Å². The van der Waals surface area contributed by atoms with Gasteiger partial charge in [0, 0.05) is 25.1 Å². The topological polar surface area (TPSA) is 101 Å². The number of nitrogens with two attached hydrogens (primary N) is 1. The molecular formula is C17H20N4O3. The van der Waals surface area contributed by atoms with Crippen LogP contribution in [0.1, 0.15) is 30.0 Å². The van der Waals surface area contributed by atoms with Gasteiger partial charge in [0.15, 0.2) is 0 Å². The lowest BCUT2D eigenvalue weighted by Gasteiger charge is -2.31. The van der Waals surface area contributed by atoms with E-state index in [2.05, 4.69) is 9.97 Å². The number of benzene rings is 1. The van der Waals surface area contributed by atoms with Gasteiger partial charge in [0.1, 0.15) is 6.61 Å². The maximum atomic E-state index is 12.1. The fourth-order valence-electron chi connectivity index (χ4n) is 2.87. The number of amides is 1. The molecule has 1 aliphatic heterocycles. The Morgan fingerprint density at radius 3 is 2.67 bits per heavy atom. The first-order chi connectivity index (χ1) is 11.6. The van der Waals surface area contributed by atoms with Gasteiger partial charge < -0.3 is 15.4 Å². The lowest BCUT2D eigenvalue weighted by Crippen LogP contribution is -2.38. The average molecular weight is 328 g/mol. The number of carbonyl (C=O) groups excluding carboxylic acids is 1. The molecule has 0 bridgehead atoms. The van der Waals surface area contributed by atoms with Gasteiger partial charge in [-0.15, -0.1) is 0 Å². The summed E-state index contributed by atoms with van der Waals surface area (Å²) in [5.41, 5.74) is 6.99. The van der Waals surface area contributed by atoms with Crippen LogP contribution in [-0.2, 0) is 11.3 Å². The molecule has 3 N–H and O–H groups in total. The fourth-order valence-corrected chi connectivity index (χ4v) is 2.87. The number of likely N-dealkylation sites (tertiary alicyclic amines) is 1. The molecule has 3 rings (SSSR count). The molecule has 1 fully saturated rings. The Labute approximate surface area is 139 Å². The molecule has 1 amide bonds. The number of nitrogen functional groups attached to an aromatic ring is 1. The highest BCUT2D eigenvalue weighted by molar-refractivity contribution is 5.67. The molecule has 0 spiro atoms. The molecule has 7 heteroatoms. The van der Waals surface area contributed by atoms with Crippen molar-refractivity contribution in [3.05, 3.63) is 58.0 Å². The average Bonchev–Trinajstić information content (AvgIpc) is 2.60. The number of nitrogens with one attached hydrogen (secondary N) is 1. The maximum absolute atomic E-state index is 12.1. The number of piperidine rings is 1. The molecule has 0 atom stereocenters. The number of rotatable bonds is 3. The molecule has 0 unspecified atom stereocenters. The summed E-state index contributed by atoms with van der Waals surface area (Å²) in [6.07, 6.45) is 1.16. The van der Waals surface area contributed by atoms with Gasteiger partial charge in [-0.3, -0.25) is 9.78 Å². The van der Waals surface area contributed by atoms with Gasteiger partial charge in [-0.2, -0.15) is 0 Å². The molecule has 2 heterocycles. The molecular weight excluding hydrogens is 308 g/mol. The quantitative estimate of drug-likeness (QED) is 0.895. The van der Waals surface area contributed by atoms with Crippen LogP contribution in [0, 0.1) is 0 Å². The standard InChI is InChI=1S/C17H20N4O3/c18-16-19-14(10-15(22)20-16)13-6-8-21(9-7-13)17(23)24-11-12-4-2-1-3-5-12/h1-5,10,13H,6-9,11H2,(H3,18,19,20,22). The van der Waals surface area contributed by atoms with Crippen molar-refractivity contribution in [1.29, 1.82) is 0 Å². The molecule has 0 radical (unpaired) electrons. The lowest BCUT2D eigenvalue weighted by atomic mass is 9.93. The van der Waals surface area contributed by atoms with E-state index in [-0.39, 0.29) is 30.1 Å². The third-order valence-electron chi connectivity index (χ3n) is 4.16. The highest BCUT2D eigenvalue weighted by Crippen LogP contribution is 2.26. The van der Waals surface area contributed by atoms with Crippen molar-refractivity contribution in [2.75, 3.05) is 18.8 Å². The lowest BCUT2D eigenvalue weighted by molar-refractivity contribution is 0.0868. The van der Waals surface area contributed by atoms with Crippen molar-refractivity contribution in [2.45, 2.75) is 25.4 Å². The first-order valence-electron chi connectivity index (χ1n) is 7.94. The minimum Gasteiger partial charge on any atom is -0.445 e. The zero-order valence-electron chi connectivity index (χ0n) is 13.3.